The summed E-state index contributed by atoms with van der Waals surface area (Å²) in [6, 6.07) is 31.2. The summed E-state index contributed by atoms with van der Waals surface area (Å²) in [5.74, 6) is 1.65. The van der Waals surface area contributed by atoms with Crippen molar-refractivity contribution in [3.63, 3.8) is 0 Å². The van der Waals surface area contributed by atoms with E-state index in [1.807, 2.05) is 30.5 Å². The van der Waals surface area contributed by atoms with E-state index >= 15 is 0 Å². The van der Waals surface area contributed by atoms with Crippen LogP contribution in [0.4, 0.5) is 0 Å². The van der Waals surface area contributed by atoms with Crippen LogP contribution in [0.3, 0.4) is 0 Å². The van der Waals surface area contributed by atoms with Gasteiger partial charge in [-0.3, -0.25) is 9.55 Å². The van der Waals surface area contributed by atoms with Crippen molar-refractivity contribution < 1.29 is 0 Å². The molecule has 0 amide bonds. The minimum atomic E-state index is 0.823. The van der Waals surface area contributed by atoms with Crippen molar-refractivity contribution >= 4 is 0 Å². The van der Waals surface area contributed by atoms with E-state index < -0.39 is 0 Å². The van der Waals surface area contributed by atoms with Crippen molar-refractivity contribution in [1.82, 2.24) is 19.7 Å². The summed E-state index contributed by atoms with van der Waals surface area (Å²) in [5.41, 5.74) is 6.62. The summed E-state index contributed by atoms with van der Waals surface area (Å²) in [6.07, 6.45) is 4.68. The van der Waals surface area contributed by atoms with Crippen LogP contribution in [-0.2, 0) is 6.42 Å². The second-order valence-corrected chi connectivity index (χ2v) is 7.39. The Morgan fingerprint density at radius 1 is 0.613 bits per heavy atom. The summed E-state index contributed by atoms with van der Waals surface area (Å²) in [7, 11) is 0. The average Bonchev–Trinajstić information content (AvgIpc) is 3.30. The van der Waals surface area contributed by atoms with Gasteiger partial charge < -0.3 is 0 Å². The van der Waals surface area contributed by atoms with Crippen molar-refractivity contribution in [1.29, 1.82) is 0 Å². The second kappa shape index (κ2) is 8.36. The van der Waals surface area contributed by atoms with Gasteiger partial charge in [-0.15, -0.1) is 10.2 Å². The highest BCUT2D eigenvalue weighted by Crippen LogP contribution is 2.30. The van der Waals surface area contributed by atoms with Crippen LogP contribution >= 0.6 is 0 Å². The normalized spacial score (nSPS) is 10.9. The zero-order chi connectivity index (χ0) is 21.0. The van der Waals surface area contributed by atoms with Gasteiger partial charge in [-0.2, -0.15) is 0 Å². The van der Waals surface area contributed by atoms with E-state index in [1.54, 1.807) is 6.20 Å². The Bertz CT molecular complexity index is 1270. The molecule has 0 saturated carbocycles. The Morgan fingerprint density at radius 3 is 1.84 bits per heavy atom. The van der Waals surface area contributed by atoms with Gasteiger partial charge in [-0.1, -0.05) is 79.7 Å². The third kappa shape index (κ3) is 3.76. The number of aromatic nitrogens is 4. The molecule has 4 heteroatoms. The molecule has 0 unspecified atom stereocenters. The largest absolute Gasteiger partial charge is 0.275 e. The topological polar surface area (TPSA) is 43.6 Å². The highest BCUT2D eigenvalue weighted by Gasteiger charge is 2.17. The zero-order valence-electron chi connectivity index (χ0n) is 17.3. The van der Waals surface area contributed by atoms with E-state index in [0.29, 0.717) is 0 Å². The molecule has 31 heavy (non-hydrogen) atoms. The number of hydrogen-bond acceptors (Lipinski definition) is 3. The number of nitrogens with zero attached hydrogens (tertiary/aromatic N) is 4. The Morgan fingerprint density at radius 2 is 1.23 bits per heavy atom. The van der Waals surface area contributed by atoms with Gasteiger partial charge in [0.15, 0.2) is 11.6 Å². The summed E-state index contributed by atoms with van der Waals surface area (Å²) in [6.45, 7) is 2.16. The first-order valence-electron chi connectivity index (χ1n) is 10.4. The van der Waals surface area contributed by atoms with Crippen LogP contribution in [0.15, 0.2) is 103 Å². The maximum Gasteiger partial charge on any atom is 0.168 e. The lowest BCUT2D eigenvalue weighted by Crippen LogP contribution is -2.00. The molecule has 0 atom stereocenters. The summed E-state index contributed by atoms with van der Waals surface area (Å²) in [5, 5.41) is 9.14. The Balaban J connectivity index is 1.64. The summed E-state index contributed by atoms with van der Waals surface area (Å²) < 4.78 is 2.13. The smallest absolute Gasteiger partial charge is 0.168 e. The lowest BCUT2D eigenvalue weighted by molar-refractivity contribution is 1.07. The molecule has 0 bridgehead atoms. The van der Waals surface area contributed by atoms with Crippen molar-refractivity contribution in [2.45, 2.75) is 13.3 Å². The number of pyridine rings is 1. The monoisotopic (exact) mass is 402 g/mol. The number of benzene rings is 3. The molecule has 0 fully saturated rings. The number of rotatable bonds is 5. The molecular formula is C27H22N4. The van der Waals surface area contributed by atoms with Gasteiger partial charge in [0.1, 0.15) is 0 Å². The van der Waals surface area contributed by atoms with Crippen molar-refractivity contribution in [3.8, 4) is 39.6 Å². The van der Waals surface area contributed by atoms with E-state index in [9.17, 15) is 0 Å². The molecule has 0 aliphatic carbocycles. The highest BCUT2D eigenvalue weighted by atomic mass is 15.3. The fraction of sp³-hybridized carbons (Fsp3) is 0.0741. The van der Waals surface area contributed by atoms with E-state index in [1.165, 1.54) is 5.56 Å². The third-order valence-electron chi connectivity index (χ3n) is 5.44. The van der Waals surface area contributed by atoms with Gasteiger partial charge in [0.25, 0.3) is 0 Å². The van der Waals surface area contributed by atoms with Crippen LogP contribution < -0.4 is 0 Å². The minimum absolute atomic E-state index is 0.823. The molecule has 0 radical (unpaired) electrons. The lowest BCUT2D eigenvalue weighted by Gasteiger charge is -2.12. The molecular weight excluding hydrogens is 380 g/mol. The van der Waals surface area contributed by atoms with Crippen molar-refractivity contribution in [2.75, 3.05) is 0 Å². The molecule has 2 aromatic heterocycles. The fourth-order valence-corrected chi connectivity index (χ4v) is 3.72. The Labute approximate surface area is 181 Å². The van der Waals surface area contributed by atoms with Gasteiger partial charge in [-0.05, 0) is 41.3 Å². The molecule has 2 heterocycles. The van der Waals surface area contributed by atoms with Crippen LogP contribution in [0, 0.1) is 0 Å². The van der Waals surface area contributed by atoms with Crippen molar-refractivity contribution in [2.24, 2.45) is 0 Å². The van der Waals surface area contributed by atoms with Crippen LogP contribution in [0.25, 0.3) is 39.6 Å². The zero-order valence-corrected chi connectivity index (χ0v) is 17.3. The number of hydrogen-bond donors (Lipinski definition) is 0. The van der Waals surface area contributed by atoms with Crippen LogP contribution in [0.1, 0.15) is 12.5 Å². The van der Waals surface area contributed by atoms with Crippen molar-refractivity contribution in [3.05, 3.63) is 109 Å². The molecule has 0 spiro atoms. The first-order chi connectivity index (χ1) is 15.3. The lowest BCUT2D eigenvalue weighted by atomic mass is 10.1. The molecule has 0 saturated heterocycles. The molecule has 150 valence electrons. The van der Waals surface area contributed by atoms with Gasteiger partial charge in [0.2, 0.25) is 0 Å². The van der Waals surface area contributed by atoms with Crippen LogP contribution in [0.2, 0.25) is 0 Å². The average molecular weight is 403 g/mol. The van der Waals surface area contributed by atoms with E-state index in [4.69, 9.17) is 0 Å². The quantitative estimate of drug-likeness (QED) is 0.350. The number of aryl methyl sites for hydroxylation is 1. The molecule has 0 aliphatic heterocycles. The molecule has 0 N–H and O–H groups in total. The molecule has 0 aliphatic rings. The molecule has 3 aromatic carbocycles. The predicted molar refractivity (Wildman–Crippen MR) is 125 cm³/mol. The van der Waals surface area contributed by atoms with E-state index in [-0.39, 0.29) is 0 Å². The summed E-state index contributed by atoms with van der Waals surface area (Å²) in [4.78, 5) is 4.23. The van der Waals surface area contributed by atoms with Gasteiger partial charge in [0, 0.05) is 29.2 Å². The van der Waals surface area contributed by atoms with Gasteiger partial charge in [-0.25, -0.2) is 0 Å². The predicted octanol–water partition coefficient (Wildman–Crippen LogP) is 6.23. The first-order valence-corrected chi connectivity index (χ1v) is 10.4. The van der Waals surface area contributed by atoms with E-state index in [2.05, 4.69) is 93.4 Å². The molecule has 5 aromatic rings. The van der Waals surface area contributed by atoms with E-state index in [0.717, 1.165) is 46.0 Å². The highest BCUT2D eigenvalue weighted by molar-refractivity contribution is 5.69. The SMILES string of the molecule is CCc1ccc(-c2nnc(-c3ccccc3)n2-c2ccc(-c3cccnc3)cc2)cc1. The Hall–Kier alpha value is -4.05. The Kier molecular flexibility index (Phi) is 5.11. The molecule has 5 rings (SSSR count). The van der Waals surface area contributed by atoms with Gasteiger partial charge in [0.05, 0.1) is 0 Å². The standard InChI is InChI=1S/C27H22N4/c1-2-20-10-12-23(13-11-20)27-30-29-26(22-7-4-3-5-8-22)31(27)25-16-14-21(15-17-25)24-9-6-18-28-19-24/h3-19H,2H2,1H3. The van der Waals surface area contributed by atoms with Gasteiger partial charge >= 0.3 is 0 Å². The maximum atomic E-state index is 4.58. The second-order valence-electron chi connectivity index (χ2n) is 7.39. The fourth-order valence-electron chi connectivity index (χ4n) is 3.72. The van der Waals surface area contributed by atoms with Crippen LogP contribution in [0.5, 0.6) is 0 Å². The first kappa shape index (κ1) is 18.9. The van der Waals surface area contributed by atoms with Crippen LogP contribution in [-0.4, -0.2) is 19.7 Å². The maximum absolute atomic E-state index is 4.58. The molecule has 4 nitrogen and oxygen atoms in total. The summed E-state index contributed by atoms with van der Waals surface area (Å²) >= 11 is 0. The minimum Gasteiger partial charge on any atom is -0.275 e. The third-order valence-corrected chi connectivity index (χ3v) is 5.44.